The Hall–Kier alpha value is -3.59. The minimum absolute atomic E-state index is 0.0400. The summed E-state index contributed by atoms with van der Waals surface area (Å²) in [7, 11) is 1.48. The third-order valence-electron chi connectivity index (χ3n) is 4.61. The van der Waals surface area contributed by atoms with Crippen LogP contribution in [-0.4, -0.2) is 40.2 Å². The van der Waals surface area contributed by atoms with Crippen LogP contribution in [0.2, 0.25) is 0 Å². The number of phenols is 2. The number of hydrogen-bond acceptors (Lipinski definition) is 7. The lowest BCUT2D eigenvalue weighted by Crippen LogP contribution is -2.14. The Balaban J connectivity index is 1.80. The molecule has 0 spiro atoms. The van der Waals surface area contributed by atoms with Crippen molar-refractivity contribution in [3.8, 4) is 28.5 Å². The van der Waals surface area contributed by atoms with Gasteiger partial charge in [-0.2, -0.15) is 5.10 Å². The van der Waals surface area contributed by atoms with E-state index in [-0.39, 0.29) is 17.1 Å². The average Bonchev–Trinajstić information content (AvgIpc) is 3.46. The zero-order chi connectivity index (χ0) is 21.3. The highest BCUT2D eigenvalue weighted by Gasteiger charge is 2.21. The van der Waals surface area contributed by atoms with Crippen LogP contribution in [0, 0.1) is 0 Å². The van der Waals surface area contributed by atoms with Crippen molar-refractivity contribution >= 4 is 23.5 Å². The van der Waals surface area contributed by atoms with Crippen molar-refractivity contribution in [2.24, 2.45) is 15.8 Å². The van der Waals surface area contributed by atoms with E-state index in [1.165, 1.54) is 36.6 Å². The highest BCUT2D eigenvalue weighted by molar-refractivity contribution is 7.07. The number of nitrogens with zero attached hydrogens (tertiary/aromatic N) is 3. The molecule has 0 radical (unpaired) electrons. The second-order valence-corrected chi connectivity index (χ2v) is 7.68. The number of aromatic nitrogens is 1. The van der Waals surface area contributed by atoms with E-state index in [4.69, 9.17) is 15.5 Å². The lowest BCUT2D eigenvalue weighted by Gasteiger charge is -2.07. The first-order valence-electron chi connectivity index (χ1n) is 9.25. The molecule has 0 atom stereocenters. The van der Waals surface area contributed by atoms with E-state index >= 15 is 0 Å². The summed E-state index contributed by atoms with van der Waals surface area (Å²) < 4.78 is 6.84. The minimum Gasteiger partial charge on any atom is -0.507 e. The van der Waals surface area contributed by atoms with Gasteiger partial charge in [-0.25, -0.2) is 4.68 Å². The standard InChI is InChI=1S/C21H20N4O4S/c1-29-19-8-12(2-6-18(19)27)10-23-25-16(11-30-21(25)24-14-4-5-14)13-3-7-17(26)15(9-13)20(22)28/h2-3,6-11,14,26-27H,4-5H2,1H3,(H2,22,28). The average molecular weight is 424 g/mol. The molecule has 4 rings (SSSR count). The van der Waals surface area contributed by atoms with E-state index in [2.05, 4.69) is 5.10 Å². The molecule has 3 aromatic rings. The predicted molar refractivity (Wildman–Crippen MR) is 114 cm³/mol. The number of carbonyl (C=O) groups is 1. The van der Waals surface area contributed by atoms with Gasteiger partial charge in [0.15, 0.2) is 11.5 Å². The topological polar surface area (TPSA) is 122 Å². The summed E-state index contributed by atoms with van der Waals surface area (Å²) in [5.41, 5.74) is 7.53. The Morgan fingerprint density at radius 3 is 2.70 bits per heavy atom. The summed E-state index contributed by atoms with van der Waals surface area (Å²) in [6.45, 7) is 0. The van der Waals surface area contributed by atoms with Crippen molar-refractivity contribution in [2.45, 2.75) is 18.9 Å². The number of benzene rings is 2. The number of hydrogen-bond donors (Lipinski definition) is 3. The Morgan fingerprint density at radius 2 is 2.00 bits per heavy atom. The van der Waals surface area contributed by atoms with E-state index < -0.39 is 5.91 Å². The third-order valence-corrected chi connectivity index (χ3v) is 5.44. The molecule has 4 N–H and O–H groups in total. The van der Waals surface area contributed by atoms with Crippen LogP contribution < -0.4 is 15.3 Å². The molecule has 1 saturated carbocycles. The van der Waals surface area contributed by atoms with Gasteiger partial charge < -0.3 is 20.7 Å². The highest BCUT2D eigenvalue weighted by Crippen LogP contribution is 2.28. The normalized spacial score (nSPS) is 14.4. The van der Waals surface area contributed by atoms with Crippen molar-refractivity contribution in [3.63, 3.8) is 0 Å². The van der Waals surface area contributed by atoms with Gasteiger partial charge >= 0.3 is 0 Å². The summed E-state index contributed by atoms with van der Waals surface area (Å²) in [5.74, 6) is -0.484. The number of ether oxygens (including phenoxy) is 1. The number of thiazole rings is 1. The lowest BCUT2D eigenvalue weighted by atomic mass is 10.1. The number of amides is 1. The van der Waals surface area contributed by atoms with Gasteiger partial charge in [-0.15, -0.1) is 11.3 Å². The summed E-state index contributed by atoms with van der Waals surface area (Å²) in [5, 5.41) is 26.2. The van der Waals surface area contributed by atoms with E-state index in [0.717, 1.165) is 23.2 Å². The summed E-state index contributed by atoms with van der Waals surface area (Å²) in [6.07, 6.45) is 3.74. The Kier molecular flexibility index (Phi) is 5.28. The zero-order valence-electron chi connectivity index (χ0n) is 16.1. The van der Waals surface area contributed by atoms with Crippen LogP contribution >= 0.6 is 11.3 Å². The zero-order valence-corrected chi connectivity index (χ0v) is 17.0. The lowest BCUT2D eigenvalue weighted by molar-refractivity contribution is 0.0998. The van der Waals surface area contributed by atoms with Crippen LogP contribution in [0.1, 0.15) is 28.8 Å². The maximum absolute atomic E-state index is 11.6. The van der Waals surface area contributed by atoms with Crippen LogP contribution in [0.15, 0.2) is 51.9 Å². The Labute approximate surface area is 176 Å². The predicted octanol–water partition coefficient (Wildman–Crippen LogP) is 2.68. The molecule has 30 heavy (non-hydrogen) atoms. The second-order valence-electron chi connectivity index (χ2n) is 6.85. The molecular weight excluding hydrogens is 404 g/mol. The maximum atomic E-state index is 11.6. The molecule has 2 aromatic carbocycles. The molecule has 0 bridgehead atoms. The Bertz CT molecular complexity index is 1210. The van der Waals surface area contributed by atoms with Crippen LogP contribution in [0.5, 0.6) is 17.2 Å². The van der Waals surface area contributed by atoms with E-state index in [9.17, 15) is 15.0 Å². The van der Waals surface area contributed by atoms with Gasteiger partial charge in [0.05, 0.1) is 30.6 Å². The molecule has 9 heteroatoms. The fourth-order valence-corrected chi connectivity index (χ4v) is 3.76. The quantitative estimate of drug-likeness (QED) is 0.527. The molecule has 154 valence electrons. The van der Waals surface area contributed by atoms with Crippen molar-refractivity contribution < 1.29 is 19.7 Å². The van der Waals surface area contributed by atoms with Crippen LogP contribution in [0.25, 0.3) is 11.3 Å². The maximum Gasteiger partial charge on any atom is 0.252 e. The fourth-order valence-electron chi connectivity index (χ4n) is 2.85. The van der Waals surface area contributed by atoms with Gasteiger partial charge in [-0.3, -0.25) is 9.79 Å². The largest absolute Gasteiger partial charge is 0.507 e. The number of rotatable bonds is 6. The second kappa shape index (κ2) is 8.03. The van der Waals surface area contributed by atoms with Crippen molar-refractivity contribution in [3.05, 3.63) is 57.7 Å². The van der Waals surface area contributed by atoms with Crippen molar-refractivity contribution in [1.82, 2.24) is 4.68 Å². The highest BCUT2D eigenvalue weighted by atomic mass is 32.1. The molecule has 0 unspecified atom stereocenters. The van der Waals surface area contributed by atoms with Gasteiger partial charge in [0.1, 0.15) is 5.75 Å². The van der Waals surface area contributed by atoms with Gasteiger partial charge in [-0.1, -0.05) is 0 Å². The van der Waals surface area contributed by atoms with Crippen LogP contribution in [0.3, 0.4) is 0 Å². The summed E-state index contributed by atoms with van der Waals surface area (Å²) in [4.78, 5) is 17.1. The number of aromatic hydroxyl groups is 2. The molecule has 0 saturated heterocycles. The molecule has 1 aromatic heterocycles. The number of primary amides is 1. The number of methoxy groups -OCH3 is 1. The molecule has 0 aliphatic heterocycles. The number of phenolic OH excluding ortho intramolecular Hbond substituents is 1. The molecule has 8 nitrogen and oxygen atoms in total. The molecular formula is C21H20N4O4S. The first-order chi connectivity index (χ1) is 14.5. The monoisotopic (exact) mass is 424 g/mol. The molecule has 1 aliphatic rings. The number of carbonyl (C=O) groups excluding carboxylic acids is 1. The first kappa shape index (κ1) is 19.7. The van der Waals surface area contributed by atoms with E-state index in [1.54, 1.807) is 29.1 Å². The van der Waals surface area contributed by atoms with E-state index in [1.807, 2.05) is 5.38 Å². The summed E-state index contributed by atoms with van der Waals surface area (Å²) >= 11 is 1.44. The molecule has 1 amide bonds. The van der Waals surface area contributed by atoms with E-state index in [0.29, 0.717) is 23.0 Å². The fraction of sp³-hybridized carbons (Fsp3) is 0.190. The van der Waals surface area contributed by atoms with Gasteiger partial charge in [-0.05, 0) is 54.8 Å². The smallest absolute Gasteiger partial charge is 0.252 e. The van der Waals surface area contributed by atoms with Crippen LogP contribution in [0.4, 0.5) is 0 Å². The van der Waals surface area contributed by atoms with Gasteiger partial charge in [0.25, 0.3) is 5.91 Å². The van der Waals surface area contributed by atoms with Crippen LogP contribution in [-0.2, 0) is 0 Å². The molecule has 1 fully saturated rings. The Morgan fingerprint density at radius 1 is 1.23 bits per heavy atom. The third kappa shape index (κ3) is 4.06. The summed E-state index contributed by atoms with van der Waals surface area (Å²) in [6, 6.07) is 9.90. The number of nitrogens with two attached hydrogens (primary N) is 1. The van der Waals surface area contributed by atoms with Gasteiger partial charge in [0, 0.05) is 10.9 Å². The SMILES string of the molecule is COc1cc(C=Nn2c(-c3ccc(O)c(C(N)=O)c3)csc2=NC2CC2)ccc1O. The first-order valence-corrected chi connectivity index (χ1v) is 10.1. The van der Waals surface area contributed by atoms with Gasteiger partial charge in [0.2, 0.25) is 4.80 Å². The molecule has 1 heterocycles. The minimum atomic E-state index is -0.710. The van der Waals surface area contributed by atoms with Crippen molar-refractivity contribution in [1.29, 1.82) is 0 Å². The molecule has 1 aliphatic carbocycles. The van der Waals surface area contributed by atoms with Crippen molar-refractivity contribution in [2.75, 3.05) is 7.11 Å².